The second kappa shape index (κ2) is 48.0. The van der Waals surface area contributed by atoms with Gasteiger partial charge in [0.05, 0.1) is 69.5 Å². The SMILES string of the molecule is CCOc1ccc(OC(=O)C2CCC(C)CC2)cc1.CCOc1ccc(OC(=O)C2CCC(C)CC2)cc1.CCOc1ccc(OC(=O)C2CCC(C)CC2)cc1.COc1ccc(OC(=O)C2CCC(C)CC2)cc1.COc1ccc(OC(=O)C2CCC(C)CC2)cc1.Cc1ccc(OC(=O)C2CCC(C)CC2)cc1. The number of aryl methyl sites for hydroxylation is 1. The number of carbonyl (C=O) groups excluding carboxylic acids is 6. The van der Waals surface area contributed by atoms with Gasteiger partial charge in [-0.2, -0.15) is 0 Å². The van der Waals surface area contributed by atoms with Crippen LogP contribution in [0.3, 0.4) is 0 Å². The van der Waals surface area contributed by atoms with Crippen molar-refractivity contribution in [2.24, 2.45) is 71.0 Å². The van der Waals surface area contributed by atoms with E-state index in [4.69, 9.17) is 52.1 Å². The van der Waals surface area contributed by atoms with Gasteiger partial charge < -0.3 is 52.1 Å². The van der Waals surface area contributed by atoms with Crippen LogP contribution in [0.15, 0.2) is 146 Å². The zero-order valence-corrected chi connectivity index (χ0v) is 67.8. The van der Waals surface area contributed by atoms with E-state index in [0.717, 1.165) is 218 Å². The van der Waals surface area contributed by atoms with E-state index in [1.165, 1.54) is 5.56 Å². The summed E-state index contributed by atoms with van der Waals surface area (Å²) in [5.41, 5.74) is 1.18. The Kier molecular flexibility index (Phi) is 38.6. The highest BCUT2D eigenvalue weighted by molar-refractivity contribution is 5.78. The van der Waals surface area contributed by atoms with Crippen LogP contribution in [-0.4, -0.2) is 69.9 Å². The summed E-state index contributed by atoms with van der Waals surface area (Å²) in [7, 11) is 3.23. The Labute approximate surface area is 656 Å². The maximum atomic E-state index is 12.0. The lowest BCUT2D eigenvalue weighted by atomic mass is 9.83. The largest absolute Gasteiger partial charge is 0.497 e. The van der Waals surface area contributed by atoms with Crippen molar-refractivity contribution in [2.45, 2.75) is 223 Å². The second-order valence-electron chi connectivity index (χ2n) is 31.1. The summed E-state index contributed by atoms with van der Waals surface area (Å²) in [6.45, 7) is 23.2. The van der Waals surface area contributed by atoms with Gasteiger partial charge in [-0.15, -0.1) is 0 Å². The molecule has 0 aromatic heterocycles. The molecule has 0 saturated heterocycles. The maximum Gasteiger partial charge on any atom is 0.314 e. The number of hydrogen-bond acceptors (Lipinski definition) is 17. The predicted octanol–water partition coefficient (Wildman–Crippen LogP) is 22.0. The Balaban J connectivity index is 0.000000184. The van der Waals surface area contributed by atoms with E-state index in [-0.39, 0.29) is 71.3 Å². The molecule has 0 bridgehead atoms. The minimum absolute atomic E-state index is 0.0549. The molecule has 0 unspecified atom stereocenters. The fourth-order valence-electron chi connectivity index (χ4n) is 14.4. The van der Waals surface area contributed by atoms with Crippen LogP contribution >= 0.6 is 0 Å². The van der Waals surface area contributed by atoms with Gasteiger partial charge in [0.15, 0.2) is 0 Å². The minimum atomic E-state index is -0.0907. The summed E-state index contributed by atoms with van der Waals surface area (Å²) in [5.74, 6) is 12.1. The molecule has 6 aromatic carbocycles. The minimum Gasteiger partial charge on any atom is -0.497 e. The average Bonchev–Trinajstić information content (AvgIpc) is 0.890. The Hall–Kier alpha value is -8.86. The first-order chi connectivity index (χ1) is 53.1. The monoisotopic (exact) mass is 1510 g/mol. The quantitative estimate of drug-likeness (QED) is 0.0515. The van der Waals surface area contributed by atoms with Crippen LogP contribution in [-0.2, 0) is 28.8 Å². The smallest absolute Gasteiger partial charge is 0.314 e. The molecule has 0 spiro atoms. The number of hydrogen-bond donors (Lipinski definition) is 0. The summed E-state index contributed by atoms with van der Waals surface area (Å²) in [6.07, 6.45) is 25.1. The van der Waals surface area contributed by atoms with Crippen LogP contribution in [0.25, 0.3) is 0 Å². The number of carbonyl (C=O) groups is 6. The first-order valence-electron chi connectivity index (χ1n) is 40.9. The van der Waals surface area contributed by atoms with Crippen molar-refractivity contribution in [1.29, 1.82) is 0 Å². The Morgan fingerprint density at radius 3 is 0.509 bits per heavy atom. The summed E-state index contributed by atoms with van der Waals surface area (Å²) in [6, 6.07) is 43.6. The first-order valence-corrected chi connectivity index (χ1v) is 40.9. The van der Waals surface area contributed by atoms with Crippen LogP contribution in [0.4, 0.5) is 0 Å². The molecule has 0 atom stereocenters. The molecule has 6 saturated carbocycles. The van der Waals surface area contributed by atoms with Gasteiger partial charge in [0.25, 0.3) is 0 Å². The van der Waals surface area contributed by atoms with Crippen molar-refractivity contribution in [3.63, 3.8) is 0 Å². The van der Waals surface area contributed by atoms with Gasteiger partial charge >= 0.3 is 35.8 Å². The van der Waals surface area contributed by atoms with Crippen LogP contribution in [0.2, 0.25) is 0 Å². The molecule has 12 rings (SSSR count). The molecule has 0 aliphatic heterocycles. The van der Waals surface area contributed by atoms with Crippen molar-refractivity contribution in [3.05, 3.63) is 151 Å². The first kappa shape index (κ1) is 88.4. The Morgan fingerprint density at radius 1 is 0.227 bits per heavy atom. The molecule has 0 amide bonds. The third-order valence-corrected chi connectivity index (χ3v) is 21.9. The van der Waals surface area contributed by atoms with Crippen LogP contribution in [0.5, 0.6) is 63.2 Å². The molecular weight excluding hydrogens is 1390 g/mol. The highest BCUT2D eigenvalue weighted by Crippen LogP contribution is 2.36. The third-order valence-electron chi connectivity index (χ3n) is 21.9. The van der Waals surface area contributed by atoms with E-state index in [1.54, 1.807) is 99.1 Å². The number of rotatable bonds is 20. The standard InChI is InChI=1S/3C16H22O3.2C15H20O3.C15H20O2/c3*1-3-18-14-8-10-15(11-9-14)19-16(17)13-6-4-12(2)5-7-13;2*1-11-3-5-12(6-4-11)15(16)18-14-9-7-13(17-2)8-10-14;1-11-3-7-13(8-4-11)15(16)17-14-9-5-12(2)6-10-14/h3*8-13H,3-7H2,1-2H3;2*7-12H,3-6H2,1-2H3;5-6,9-11,13H,3-4,7-8H2,1-2H3. The molecule has 6 fully saturated rings. The molecule has 0 radical (unpaired) electrons. The fraction of sp³-hybridized carbons (Fsp3) is 0.548. The molecule has 17 heteroatoms. The van der Waals surface area contributed by atoms with Crippen molar-refractivity contribution in [2.75, 3.05) is 34.0 Å². The van der Waals surface area contributed by atoms with Crippen molar-refractivity contribution in [1.82, 2.24) is 0 Å². The molecule has 17 nitrogen and oxygen atoms in total. The maximum absolute atomic E-state index is 12.0. The van der Waals surface area contributed by atoms with Gasteiger partial charge in [-0.25, -0.2) is 0 Å². The van der Waals surface area contributed by atoms with Crippen LogP contribution in [0.1, 0.15) is 222 Å². The van der Waals surface area contributed by atoms with Crippen LogP contribution in [0, 0.1) is 77.9 Å². The molecule has 600 valence electrons. The van der Waals surface area contributed by atoms with E-state index >= 15 is 0 Å². The average molecular weight is 1520 g/mol. The molecule has 6 aliphatic carbocycles. The van der Waals surface area contributed by atoms with Gasteiger partial charge in [0.2, 0.25) is 0 Å². The van der Waals surface area contributed by atoms with Gasteiger partial charge in [-0.1, -0.05) is 59.2 Å². The van der Waals surface area contributed by atoms with E-state index in [2.05, 4.69) is 41.5 Å². The van der Waals surface area contributed by atoms with E-state index < -0.39 is 0 Å². The summed E-state index contributed by atoms with van der Waals surface area (Å²) >= 11 is 0. The number of esters is 6. The molecule has 0 heterocycles. The van der Waals surface area contributed by atoms with Gasteiger partial charge in [-0.3, -0.25) is 28.8 Å². The predicted molar refractivity (Wildman–Crippen MR) is 431 cm³/mol. The summed E-state index contributed by atoms with van der Waals surface area (Å²) in [5, 5.41) is 0. The Morgan fingerprint density at radius 2 is 0.364 bits per heavy atom. The number of ether oxygens (including phenoxy) is 11. The molecule has 6 aliphatic rings. The number of benzene rings is 6. The fourth-order valence-corrected chi connectivity index (χ4v) is 14.4. The lowest BCUT2D eigenvalue weighted by molar-refractivity contribution is -0.141. The van der Waals surface area contributed by atoms with E-state index in [9.17, 15) is 28.8 Å². The molecule has 6 aromatic rings. The highest BCUT2D eigenvalue weighted by atomic mass is 16.6. The summed E-state index contributed by atoms with van der Waals surface area (Å²) in [4.78, 5) is 72.0. The zero-order valence-electron chi connectivity index (χ0n) is 67.8. The topological polar surface area (TPSA) is 204 Å². The zero-order chi connectivity index (χ0) is 79.2. The van der Waals surface area contributed by atoms with Crippen molar-refractivity contribution in [3.8, 4) is 63.2 Å². The lowest BCUT2D eigenvalue weighted by Gasteiger charge is -2.24. The molecular formula is C93H126O17. The lowest BCUT2D eigenvalue weighted by Crippen LogP contribution is -2.24. The molecule has 110 heavy (non-hydrogen) atoms. The van der Waals surface area contributed by atoms with Gasteiger partial charge in [0.1, 0.15) is 63.2 Å². The summed E-state index contributed by atoms with van der Waals surface area (Å²) < 4.78 is 58.7. The van der Waals surface area contributed by atoms with Crippen LogP contribution < -0.4 is 52.1 Å². The van der Waals surface area contributed by atoms with Gasteiger partial charge in [-0.05, 0) is 351 Å². The third kappa shape index (κ3) is 32.2. The number of methoxy groups -OCH3 is 2. The molecule has 0 N–H and O–H groups in total. The Bertz CT molecular complexity index is 3330. The van der Waals surface area contributed by atoms with E-state index in [1.807, 2.05) is 88.4 Å². The normalized spacial score (nSPS) is 23.3. The highest BCUT2D eigenvalue weighted by Gasteiger charge is 2.31. The van der Waals surface area contributed by atoms with E-state index in [0.29, 0.717) is 54.3 Å². The van der Waals surface area contributed by atoms with Crippen molar-refractivity contribution >= 4 is 35.8 Å². The second-order valence-corrected chi connectivity index (χ2v) is 31.1. The van der Waals surface area contributed by atoms with Gasteiger partial charge in [0, 0.05) is 0 Å². The van der Waals surface area contributed by atoms with Crippen molar-refractivity contribution < 1.29 is 80.9 Å².